The number of nitrogen functional groups attached to an aromatic ring is 1. The number of aromatic nitrogens is 3. The van der Waals surface area contributed by atoms with Crippen molar-refractivity contribution in [1.29, 1.82) is 0 Å². The first kappa shape index (κ1) is 17.1. The van der Waals surface area contributed by atoms with Crippen LogP contribution < -0.4 is 5.84 Å². The molecule has 0 radical (unpaired) electrons. The van der Waals surface area contributed by atoms with E-state index < -0.39 is 0 Å². The summed E-state index contributed by atoms with van der Waals surface area (Å²) in [5, 5.41) is 8.84. The maximum absolute atomic E-state index is 12.3. The van der Waals surface area contributed by atoms with Gasteiger partial charge < -0.3 is 10.7 Å². The van der Waals surface area contributed by atoms with Gasteiger partial charge in [-0.3, -0.25) is 4.79 Å². The topological polar surface area (TPSA) is 77.0 Å². The van der Waals surface area contributed by atoms with Crippen molar-refractivity contribution < 1.29 is 4.79 Å². The van der Waals surface area contributed by atoms with Gasteiger partial charge in [-0.1, -0.05) is 51.8 Å². The van der Waals surface area contributed by atoms with Crippen LogP contribution in [0.4, 0.5) is 0 Å². The van der Waals surface area contributed by atoms with Crippen molar-refractivity contribution in [1.82, 2.24) is 19.8 Å². The third-order valence-corrected chi connectivity index (χ3v) is 5.10. The van der Waals surface area contributed by atoms with Crippen LogP contribution in [0.1, 0.15) is 58.7 Å². The van der Waals surface area contributed by atoms with E-state index in [1.807, 2.05) is 32.7 Å². The average molecular weight is 325 g/mol. The average Bonchev–Trinajstić information content (AvgIpc) is 2.86. The minimum atomic E-state index is -0.163. The van der Waals surface area contributed by atoms with E-state index >= 15 is 0 Å². The molecule has 1 aromatic rings. The number of nitrogens with two attached hydrogens (primary N) is 1. The Kier molecular flexibility index (Phi) is 5.36. The lowest BCUT2D eigenvalue weighted by Gasteiger charge is -2.31. The molecule has 0 bridgehead atoms. The van der Waals surface area contributed by atoms with E-state index in [1.165, 1.54) is 35.7 Å². The summed E-state index contributed by atoms with van der Waals surface area (Å²) in [6.07, 6.45) is 5.98. The number of hydrogen-bond acceptors (Lipinski definition) is 5. The number of carbonyl (C=O) groups is 1. The van der Waals surface area contributed by atoms with Crippen molar-refractivity contribution in [3.05, 3.63) is 5.82 Å². The SMILES string of the molecule is CN(C(=O)CSc1nnc(C(C)(C)C)n1N)C1CCCCC1. The van der Waals surface area contributed by atoms with Crippen LogP contribution in [-0.4, -0.2) is 44.5 Å². The van der Waals surface area contributed by atoms with Crippen LogP contribution in [0.5, 0.6) is 0 Å². The molecule has 2 rings (SSSR count). The molecule has 6 nitrogen and oxygen atoms in total. The molecule has 0 spiro atoms. The minimum absolute atomic E-state index is 0.136. The Morgan fingerprint density at radius 3 is 2.50 bits per heavy atom. The standard InChI is InChI=1S/C15H27N5OS/c1-15(2,3)13-17-18-14(20(13)16)22-10-12(21)19(4)11-8-6-5-7-9-11/h11H,5-10,16H2,1-4H3. The zero-order valence-corrected chi connectivity index (χ0v) is 14.8. The molecule has 0 aromatic carbocycles. The maximum atomic E-state index is 12.3. The highest BCUT2D eigenvalue weighted by atomic mass is 32.2. The van der Waals surface area contributed by atoms with Crippen LogP contribution >= 0.6 is 11.8 Å². The molecular weight excluding hydrogens is 298 g/mol. The van der Waals surface area contributed by atoms with E-state index in [9.17, 15) is 4.79 Å². The third kappa shape index (κ3) is 3.94. The van der Waals surface area contributed by atoms with Gasteiger partial charge in [-0.25, -0.2) is 4.68 Å². The molecule has 1 aliphatic rings. The second-order valence-corrected chi connectivity index (χ2v) is 7.95. The molecule has 1 heterocycles. The summed E-state index contributed by atoms with van der Waals surface area (Å²) in [5.74, 6) is 7.26. The number of nitrogens with zero attached hydrogens (tertiary/aromatic N) is 4. The molecule has 2 N–H and O–H groups in total. The first-order valence-electron chi connectivity index (χ1n) is 7.90. The van der Waals surface area contributed by atoms with Gasteiger partial charge in [0, 0.05) is 18.5 Å². The Balaban J connectivity index is 1.92. The van der Waals surface area contributed by atoms with Gasteiger partial charge in [-0.15, -0.1) is 10.2 Å². The first-order chi connectivity index (χ1) is 10.3. The second-order valence-electron chi connectivity index (χ2n) is 7.01. The fourth-order valence-corrected chi connectivity index (χ4v) is 3.57. The first-order valence-corrected chi connectivity index (χ1v) is 8.88. The lowest BCUT2D eigenvalue weighted by Crippen LogP contribution is -2.39. The summed E-state index contributed by atoms with van der Waals surface area (Å²) in [6, 6.07) is 0.391. The molecule has 7 heteroatoms. The Labute approximate surface area is 136 Å². The minimum Gasteiger partial charge on any atom is -0.342 e. The van der Waals surface area contributed by atoms with Gasteiger partial charge in [0.25, 0.3) is 0 Å². The molecule has 1 amide bonds. The zero-order valence-electron chi connectivity index (χ0n) is 14.0. The molecule has 1 fully saturated rings. The number of rotatable bonds is 4. The van der Waals surface area contributed by atoms with Gasteiger partial charge in [0.1, 0.15) is 0 Å². The highest BCUT2D eigenvalue weighted by Crippen LogP contribution is 2.25. The summed E-state index contributed by atoms with van der Waals surface area (Å²) in [6.45, 7) is 6.12. The van der Waals surface area contributed by atoms with E-state index in [-0.39, 0.29) is 11.3 Å². The van der Waals surface area contributed by atoms with Gasteiger partial charge >= 0.3 is 0 Å². The van der Waals surface area contributed by atoms with E-state index in [4.69, 9.17) is 5.84 Å². The Morgan fingerprint density at radius 2 is 1.95 bits per heavy atom. The molecule has 0 atom stereocenters. The van der Waals surface area contributed by atoms with Gasteiger partial charge in [0.15, 0.2) is 5.82 Å². The summed E-state index contributed by atoms with van der Waals surface area (Å²) < 4.78 is 1.50. The predicted molar refractivity (Wildman–Crippen MR) is 89.2 cm³/mol. The molecular formula is C15H27N5OS. The lowest BCUT2D eigenvalue weighted by atomic mass is 9.94. The zero-order chi connectivity index (χ0) is 16.3. The van der Waals surface area contributed by atoms with Crippen molar-refractivity contribution in [2.45, 2.75) is 69.5 Å². The largest absolute Gasteiger partial charge is 0.342 e. The summed E-state index contributed by atoms with van der Waals surface area (Å²) in [5.41, 5.74) is -0.163. The molecule has 0 unspecified atom stereocenters. The van der Waals surface area contributed by atoms with E-state index in [0.29, 0.717) is 17.0 Å². The highest BCUT2D eigenvalue weighted by molar-refractivity contribution is 7.99. The van der Waals surface area contributed by atoms with Gasteiger partial charge in [-0.05, 0) is 12.8 Å². The normalized spacial score (nSPS) is 16.7. The Hall–Kier alpha value is -1.24. The van der Waals surface area contributed by atoms with Crippen LogP contribution in [0.15, 0.2) is 5.16 Å². The van der Waals surface area contributed by atoms with Crippen LogP contribution in [0.3, 0.4) is 0 Å². The van der Waals surface area contributed by atoms with E-state index in [0.717, 1.165) is 18.7 Å². The van der Waals surface area contributed by atoms with Crippen molar-refractivity contribution in [3.63, 3.8) is 0 Å². The van der Waals surface area contributed by atoms with Crippen LogP contribution in [0.2, 0.25) is 0 Å². The van der Waals surface area contributed by atoms with E-state index in [1.54, 1.807) is 0 Å². The van der Waals surface area contributed by atoms with Gasteiger partial charge in [0.2, 0.25) is 11.1 Å². The van der Waals surface area contributed by atoms with Gasteiger partial charge in [0.05, 0.1) is 5.75 Å². The van der Waals surface area contributed by atoms with Crippen molar-refractivity contribution in [3.8, 4) is 0 Å². The Bertz CT molecular complexity index is 516. The van der Waals surface area contributed by atoms with Crippen LogP contribution in [0.25, 0.3) is 0 Å². The molecule has 1 aliphatic carbocycles. The summed E-state index contributed by atoms with van der Waals surface area (Å²) in [7, 11) is 1.91. The smallest absolute Gasteiger partial charge is 0.233 e. The molecule has 1 aromatic heterocycles. The molecule has 1 saturated carbocycles. The van der Waals surface area contributed by atoms with Crippen molar-refractivity contribution in [2.75, 3.05) is 18.6 Å². The van der Waals surface area contributed by atoms with Crippen molar-refractivity contribution >= 4 is 17.7 Å². The number of carbonyl (C=O) groups excluding carboxylic acids is 1. The van der Waals surface area contributed by atoms with Crippen LogP contribution in [-0.2, 0) is 10.2 Å². The monoisotopic (exact) mass is 325 g/mol. The third-order valence-electron chi connectivity index (χ3n) is 4.18. The summed E-state index contributed by atoms with van der Waals surface area (Å²) >= 11 is 1.36. The van der Waals surface area contributed by atoms with Gasteiger partial charge in [-0.2, -0.15) is 0 Å². The number of amides is 1. The second kappa shape index (κ2) is 6.89. The Morgan fingerprint density at radius 1 is 1.32 bits per heavy atom. The number of thioether (sulfide) groups is 1. The molecule has 0 aliphatic heterocycles. The number of hydrogen-bond donors (Lipinski definition) is 1. The van der Waals surface area contributed by atoms with Crippen LogP contribution in [0, 0.1) is 0 Å². The predicted octanol–water partition coefficient (Wildman–Crippen LogP) is 2.17. The molecule has 22 heavy (non-hydrogen) atoms. The molecule has 0 saturated heterocycles. The quantitative estimate of drug-likeness (QED) is 0.678. The maximum Gasteiger partial charge on any atom is 0.233 e. The lowest BCUT2D eigenvalue weighted by molar-refractivity contribution is -0.129. The highest BCUT2D eigenvalue weighted by Gasteiger charge is 2.25. The summed E-state index contributed by atoms with van der Waals surface area (Å²) in [4.78, 5) is 14.2. The van der Waals surface area contributed by atoms with E-state index in [2.05, 4.69) is 10.2 Å². The van der Waals surface area contributed by atoms with Crippen molar-refractivity contribution in [2.24, 2.45) is 0 Å². The fourth-order valence-electron chi connectivity index (χ4n) is 2.79. The molecule has 124 valence electrons. The fraction of sp³-hybridized carbons (Fsp3) is 0.800.